The van der Waals surface area contributed by atoms with Crippen LogP contribution in [0.25, 0.3) is 0 Å². The first kappa shape index (κ1) is 13.5. The third kappa shape index (κ3) is 3.72. The van der Waals surface area contributed by atoms with Crippen LogP contribution in [0.5, 0.6) is 0 Å². The van der Waals surface area contributed by atoms with Gasteiger partial charge < -0.3 is 5.73 Å². The topological polar surface area (TPSA) is 51.8 Å². The molecular formula is C5H8Cl3N3. The minimum Gasteiger partial charge on any atom is -0.325 e. The second kappa shape index (κ2) is 6.61. The van der Waals surface area contributed by atoms with Crippen LogP contribution in [0.2, 0.25) is 5.15 Å². The normalized spacial score (nSPS) is 7.82. The molecule has 0 aliphatic heterocycles. The van der Waals surface area contributed by atoms with Gasteiger partial charge in [-0.1, -0.05) is 11.6 Å². The van der Waals surface area contributed by atoms with E-state index in [0.29, 0.717) is 17.4 Å². The van der Waals surface area contributed by atoms with Crippen LogP contribution in [0.1, 0.15) is 5.69 Å². The molecule has 11 heavy (non-hydrogen) atoms. The standard InChI is InChI=1S/C5H6ClN3.2ClH/c6-5-4(3-7)8-1-2-9-5;;/h1-2H,3,7H2;2*1H. The van der Waals surface area contributed by atoms with E-state index in [2.05, 4.69) is 9.97 Å². The molecule has 0 amide bonds. The van der Waals surface area contributed by atoms with E-state index < -0.39 is 0 Å². The van der Waals surface area contributed by atoms with Gasteiger partial charge in [-0.05, 0) is 0 Å². The molecule has 3 nitrogen and oxygen atoms in total. The van der Waals surface area contributed by atoms with Crippen LogP contribution in [0.3, 0.4) is 0 Å². The van der Waals surface area contributed by atoms with Crippen molar-refractivity contribution in [2.75, 3.05) is 0 Å². The van der Waals surface area contributed by atoms with Gasteiger partial charge in [0.2, 0.25) is 0 Å². The molecule has 0 atom stereocenters. The van der Waals surface area contributed by atoms with Crippen molar-refractivity contribution in [3.05, 3.63) is 23.2 Å². The highest BCUT2D eigenvalue weighted by atomic mass is 35.5. The van der Waals surface area contributed by atoms with Gasteiger partial charge in [0.05, 0.1) is 5.69 Å². The number of hydrogen-bond acceptors (Lipinski definition) is 3. The molecule has 0 saturated carbocycles. The second-order valence-electron chi connectivity index (χ2n) is 1.50. The Hall–Kier alpha value is -0.0900. The van der Waals surface area contributed by atoms with Crippen molar-refractivity contribution in [3.8, 4) is 0 Å². The van der Waals surface area contributed by atoms with Crippen molar-refractivity contribution in [1.82, 2.24) is 9.97 Å². The van der Waals surface area contributed by atoms with Gasteiger partial charge in [0.1, 0.15) is 0 Å². The predicted molar refractivity (Wildman–Crippen MR) is 49.4 cm³/mol. The van der Waals surface area contributed by atoms with E-state index in [1.54, 1.807) is 6.20 Å². The van der Waals surface area contributed by atoms with E-state index in [0.717, 1.165) is 0 Å². The first-order valence-electron chi connectivity index (χ1n) is 2.50. The quantitative estimate of drug-likeness (QED) is 0.773. The molecule has 0 fully saturated rings. The maximum absolute atomic E-state index is 5.57. The van der Waals surface area contributed by atoms with Crippen LogP contribution in [0.4, 0.5) is 0 Å². The Morgan fingerprint density at radius 2 is 1.82 bits per heavy atom. The Morgan fingerprint density at radius 1 is 1.27 bits per heavy atom. The lowest BCUT2D eigenvalue weighted by molar-refractivity contribution is 0.964. The fraction of sp³-hybridized carbons (Fsp3) is 0.200. The van der Waals surface area contributed by atoms with Crippen LogP contribution in [-0.4, -0.2) is 9.97 Å². The van der Waals surface area contributed by atoms with Crippen molar-refractivity contribution in [1.29, 1.82) is 0 Å². The van der Waals surface area contributed by atoms with Crippen LogP contribution in [-0.2, 0) is 6.54 Å². The lowest BCUT2D eigenvalue weighted by atomic mass is 10.5. The molecule has 1 rings (SSSR count). The zero-order valence-corrected chi connectivity index (χ0v) is 7.92. The zero-order chi connectivity index (χ0) is 6.69. The minimum absolute atomic E-state index is 0. The number of nitrogens with two attached hydrogens (primary N) is 1. The smallest absolute Gasteiger partial charge is 0.151 e. The molecule has 0 aromatic carbocycles. The molecule has 2 N–H and O–H groups in total. The summed E-state index contributed by atoms with van der Waals surface area (Å²) in [5.74, 6) is 0. The number of hydrogen-bond donors (Lipinski definition) is 1. The Balaban J connectivity index is 0. The van der Waals surface area contributed by atoms with E-state index in [1.807, 2.05) is 0 Å². The Labute approximate surface area is 82.2 Å². The van der Waals surface area contributed by atoms with Gasteiger partial charge >= 0.3 is 0 Å². The lowest BCUT2D eigenvalue weighted by Crippen LogP contribution is -2.00. The van der Waals surface area contributed by atoms with Crippen LogP contribution >= 0.6 is 36.4 Å². The molecule has 1 aromatic heterocycles. The molecule has 0 aliphatic rings. The largest absolute Gasteiger partial charge is 0.325 e. The van der Waals surface area contributed by atoms with Crippen molar-refractivity contribution in [3.63, 3.8) is 0 Å². The summed E-state index contributed by atoms with van der Waals surface area (Å²) in [5.41, 5.74) is 5.90. The van der Waals surface area contributed by atoms with Crippen molar-refractivity contribution >= 4 is 36.4 Å². The molecule has 0 unspecified atom stereocenters. The van der Waals surface area contributed by atoms with E-state index in [1.165, 1.54) is 6.20 Å². The maximum atomic E-state index is 5.57. The van der Waals surface area contributed by atoms with Crippen molar-refractivity contribution in [2.45, 2.75) is 6.54 Å². The van der Waals surface area contributed by atoms with Crippen molar-refractivity contribution in [2.24, 2.45) is 5.73 Å². The Kier molecular flexibility index (Phi) is 8.11. The van der Waals surface area contributed by atoms with Gasteiger partial charge in [-0.15, -0.1) is 24.8 Å². The third-order valence-corrected chi connectivity index (χ3v) is 1.23. The second-order valence-corrected chi connectivity index (χ2v) is 1.86. The number of nitrogens with zero attached hydrogens (tertiary/aromatic N) is 2. The van der Waals surface area contributed by atoms with Crippen LogP contribution < -0.4 is 5.73 Å². The average Bonchev–Trinajstić information content (AvgIpc) is 1.89. The molecule has 0 aliphatic carbocycles. The summed E-state index contributed by atoms with van der Waals surface area (Å²) in [7, 11) is 0. The number of aromatic nitrogens is 2. The van der Waals surface area contributed by atoms with Crippen LogP contribution in [0, 0.1) is 0 Å². The first-order chi connectivity index (χ1) is 4.34. The summed E-state index contributed by atoms with van der Waals surface area (Å²) < 4.78 is 0. The van der Waals surface area contributed by atoms with E-state index in [-0.39, 0.29) is 24.8 Å². The minimum atomic E-state index is 0. The van der Waals surface area contributed by atoms with E-state index in [4.69, 9.17) is 17.3 Å². The third-order valence-electron chi connectivity index (χ3n) is 0.916. The number of halogens is 3. The predicted octanol–water partition coefficient (Wildman–Crippen LogP) is 1.43. The summed E-state index contributed by atoms with van der Waals surface area (Å²) in [5, 5.41) is 0.389. The van der Waals surface area contributed by atoms with Gasteiger partial charge in [-0.2, -0.15) is 0 Å². The lowest BCUT2D eigenvalue weighted by Gasteiger charge is -1.94. The molecule has 0 bridgehead atoms. The highest BCUT2D eigenvalue weighted by Gasteiger charge is 1.95. The molecular weight excluding hydrogens is 208 g/mol. The molecule has 0 radical (unpaired) electrons. The molecule has 0 saturated heterocycles. The first-order valence-corrected chi connectivity index (χ1v) is 2.88. The number of rotatable bonds is 1. The molecule has 64 valence electrons. The van der Waals surface area contributed by atoms with E-state index >= 15 is 0 Å². The summed E-state index contributed by atoms with van der Waals surface area (Å²) in [6.45, 7) is 0.340. The molecule has 1 aromatic rings. The fourth-order valence-electron chi connectivity index (χ4n) is 0.487. The van der Waals surface area contributed by atoms with Crippen LogP contribution in [0.15, 0.2) is 12.4 Å². The SMILES string of the molecule is Cl.Cl.NCc1nccnc1Cl. The van der Waals surface area contributed by atoms with Gasteiger partial charge in [-0.25, -0.2) is 4.98 Å². The van der Waals surface area contributed by atoms with Crippen molar-refractivity contribution < 1.29 is 0 Å². The summed E-state index contributed by atoms with van der Waals surface area (Å²) in [4.78, 5) is 7.65. The van der Waals surface area contributed by atoms with Gasteiger partial charge in [-0.3, -0.25) is 4.98 Å². The molecule has 6 heteroatoms. The average molecular weight is 216 g/mol. The Morgan fingerprint density at radius 3 is 2.18 bits per heavy atom. The van der Waals surface area contributed by atoms with Gasteiger partial charge in [0, 0.05) is 18.9 Å². The zero-order valence-electron chi connectivity index (χ0n) is 5.53. The maximum Gasteiger partial charge on any atom is 0.151 e. The molecule has 1 heterocycles. The Bertz CT molecular complexity index is 206. The highest BCUT2D eigenvalue weighted by molar-refractivity contribution is 6.29. The summed E-state index contributed by atoms with van der Waals surface area (Å²) in [6, 6.07) is 0. The summed E-state index contributed by atoms with van der Waals surface area (Å²) in [6.07, 6.45) is 3.09. The summed E-state index contributed by atoms with van der Waals surface area (Å²) >= 11 is 5.57. The van der Waals surface area contributed by atoms with Gasteiger partial charge in [0.25, 0.3) is 0 Å². The monoisotopic (exact) mass is 215 g/mol. The highest BCUT2D eigenvalue weighted by Crippen LogP contribution is 2.05. The van der Waals surface area contributed by atoms with Gasteiger partial charge in [0.15, 0.2) is 5.15 Å². The van der Waals surface area contributed by atoms with E-state index in [9.17, 15) is 0 Å². The molecule has 0 spiro atoms. The fourth-order valence-corrected chi connectivity index (χ4v) is 0.669.